The lowest BCUT2D eigenvalue weighted by Gasteiger charge is -2.38. The minimum Gasteiger partial charge on any atom is -0.545 e. The summed E-state index contributed by atoms with van der Waals surface area (Å²) in [5.74, 6) is -3.35. The molecule has 0 aliphatic rings. The summed E-state index contributed by atoms with van der Waals surface area (Å²) in [4.78, 5) is 40.6. The number of Topliss-reactive ketones (excluding diaryl/α,β-unsaturated/α-hetero) is 1. The molecule has 0 aromatic heterocycles. The highest BCUT2D eigenvalue weighted by Crippen LogP contribution is 2.69. The first-order valence-corrected chi connectivity index (χ1v) is 13.8. The Labute approximate surface area is 221 Å². The fourth-order valence-electron chi connectivity index (χ4n) is 4.58. The maximum Gasteiger partial charge on any atom is 0.375 e. The van der Waals surface area contributed by atoms with Crippen molar-refractivity contribution in [1.29, 1.82) is 0 Å². The van der Waals surface area contributed by atoms with Crippen LogP contribution in [0.2, 0.25) is 0 Å². The Hall–Kier alpha value is -3.79. The summed E-state index contributed by atoms with van der Waals surface area (Å²) in [5.41, 5.74) is -0.577. The second kappa shape index (κ2) is 11.1. The van der Waals surface area contributed by atoms with Crippen molar-refractivity contribution >= 4 is 52.5 Å². The molecule has 0 saturated carbocycles. The van der Waals surface area contributed by atoms with E-state index >= 15 is 0 Å². The molecule has 0 heterocycles. The molecular formula is C30H24ClO5P. The first-order chi connectivity index (χ1) is 17.9. The molecule has 5 nitrogen and oxygen atoms in total. The summed E-state index contributed by atoms with van der Waals surface area (Å²) in [6.45, 7) is 1.60. The smallest absolute Gasteiger partial charge is 0.375 e. The Kier molecular flexibility index (Phi) is 7.87. The standard InChI is InChI=1S/C30H24ClO5P/c1-2-36-29(35)30(31,27(32)25-20-12-13-21-26(25)28(33)34)37(22-14-6-3-7-15-22,23-16-8-4-9-17-23)24-18-10-5-11-19-24/h3-21H,2H2,1H3. The molecule has 0 bridgehead atoms. The molecule has 0 saturated heterocycles. The predicted molar refractivity (Wildman–Crippen MR) is 145 cm³/mol. The number of halogens is 1. The van der Waals surface area contributed by atoms with Crippen LogP contribution in [0, 0.1) is 0 Å². The molecule has 37 heavy (non-hydrogen) atoms. The van der Waals surface area contributed by atoms with E-state index in [9.17, 15) is 19.5 Å². The molecule has 0 N–H and O–H groups in total. The zero-order valence-corrected chi connectivity index (χ0v) is 21.7. The van der Waals surface area contributed by atoms with Crippen molar-refractivity contribution in [3.8, 4) is 0 Å². The highest BCUT2D eigenvalue weighted by atomic mass is 35.5. The van der Waals surface area contributed by atoms with Gasteiger partial charge in [-0.3, -0.25) is 4.79 Å². The number of hydrogen-bond donors (Lipinski definition) is 0. The van der Waals surface area contributed by atoms with Crippen molar-refractivity contribution in [3.05, 3.63) is 126 Å². The van der Waals surface area contributed by atoms with Gasteiger partial charge in [0, 0.05) is 11.1 Å². The van der Waals surface area contributed by atoms with Crippen LogP contribution in [0.15, 0.2) is 115 Å². The molecule has 1 atom stereocenters. The number of hydrogen-bond acceptors (Lipinski definition) is 5. The van der Waals surface area contributed by atoms with Crippen molar-refractivity contribution in [2.75, 3.05) is 6.61 Å². The molecular weight excluding hydrogens is 507 g/mol. The number of carboxylic acid groups (broad SMARTS) is 1. The topological polar surface area (TPSA) is 83.5 Å². The third-order valence-corrected chi connectivity index (χ3v) is 11.7. The third kappa shape index (κ3) is 4.46. The SMILES string of the molecule is CCOC(=O)C(Cl)(C(=O)c1ccccc1C(=O)[O-])[P+](c1ccccc1)(c1ccccc1)c1ccccc1. The first-order valence-electron chi connectivity index (χ1n) is 11.7. The van der Waals surface area contributed by atoms with Crippen molar-refractivity contribution in [1.82, 2.24) is 0 Å². The van der Waals surface area contributed by atoms with Gasteiger partial charge in [-0.2, -0.15) is 0 Å². The van der Waals surface area contributed by atoms with Gasteiger partial charge in [0.15, 0.2) is 7.26 Å². The van der Waals surface area contributed by atoms with Crippen LogP contribution in [0.5, 0.6) is 0 Å². The number of carboxylic acids is 1. The fourth-order valence-corrected chi connectivity index (χ4v) is 10.2. The van der Waals surface area contributed by atoms with Gasteiger partial charge >= 0.3 is 10.6 Å². The lowest BCUT2D eigenvalue weighted by atomic mass is 10.0. The van der Waals surface area contributed by atoms with Crippen molar-refractivity contribution < 1.29 is 24.2 Å². The Balaban J connectivity index is 2.20. The van der Waals surface area contributed by atoms with Crippen molar-refractivity contribution in [3.63, 3.8) is 0 Å². The van der Waals surface area contributed by atoms with Gasteiger partial charge in [0.1, 0.15) is 15.9 Å². The van der Waals surface area contributed by atoms with Gasteiger partial charge in [-0.05, 0) is 43.3 Å². The molecule has 4 aromatic carbocycles. The van der Waals surface area contributed by atoms with E-state index in [2.05, 4.69) is 0 Å². The normalized spacial score (nSPS) is 12.8. The van der Waals surface area contributed by atoms with Gasteiger partial charge in [-0.1, -0.05) is 90.5 Å². The second-order valence-corrected chi connectivity index (χ2v) is 12.6. The maximum atomic E-state index is 14.6. The second-order valence-electron chi connectivity index (χ2n) is 8.18. The van der Waals surface area contributed by atoms with Crippen LogP contribution < -0.4 is 21.0 Å². The number of benzene rings is 4. The Bertz CT molecular complexity index is 1310. The van der Waals surface area contributed by atoms with E-state index in [1.54, 1.807) is 6.92 Å². The molecule has 0 aliphatic heterocycles. The van der Waals surface area contributed by atoms with E-state index in [-0.39, 0.29) is 17.7 Å². The fraction of sp³-hybridized carbons (Fsp3) is 0.100. The summed E-state index contributed by atoms with van der Waals surface area (Å²) >= 11 is 7.47. The molecule has 0 spiro atoms. The lowest BCUT2D eigenvalue weighted by molar-refractivity contribution is -0.255. The number of ether oxygens (including phenoxy) is 1. The van der Waals surface area contributed by atoms with Crippen molar-refractivity contribution in [2.24, 2.45) is 0 Å². The molecule has 4 aromatic rings. The molecule has 0 fully saturated rings. The van der Waals surface area contributed by atoms with Crippen LogP contribution in [-0.4, -0.2) is 28.9 Å². The van der Waals surface area contributed by atoms with Gasteiger partial charge in [-0.15, -0.1) is 0 Å². The van der Waals surface area contributed by atoms with Gasteiger partial charge in [-0.25, -0.2) is 4.79 Å². The summed E-state index contributed by atoms with van der Waals surface area (Å²) in [5, 5.41) is 14.0. The molecule has 186 valence electrons. The molecule has 4 rings (SSSR count). The average molecular weight is 531 g/mol. The molecule has 0 amide bonds. The average Bonchev–Trinajstić information content (AvgIpc) is 2.94. The van der Waals surface area contributed by atoms with E-state index in [1.165, 1.54) is 24.3 Å². The highest BCUT2D eigenvalue weighted by molar-refractivity contribution is 7.99. The lowest BCUT2D eigenvalue weighted by Crippen LogP contribution is -2.54. The minimum atomic E-state index is -3.40. The molecule has 1 unspecified atom stereocenters. The van der Waals surface area contributed by atoms with Crippen LogP contribution in [0.1, 0.15) is 27.6 Å². The zero-order valence-electron chi connectivity index (χ0n) is 20.0. The van der Waals surface area contributed by atoms with Crippen LogP contribution >= 0.6 is 18.9 Å². The van der Waals surface area contributed by atoms with Gasteiger partial charge in [0.2, 0.25) is 5.78 Å². The van der Waals surface area contributed by atoms with E-state index in [1.807, 2.05) is 91.0 Å². The summed E-state index contributed by atoms with van der Waals surface area (Å²) in [7, 11) is -3.40. The van der Waals surface area contributed by atoms with Crippen molar-refractivity contribution in [2.45, 2.75) is 11.5 Å². The van der Waals surface area contributed by atoms with Crippen LogP contribution in [0.3, 0.4) is 0 Å². The Morgan fingerprint density at radius 3 is 1.46 bits per heavy atom. The zero-order chi connectivity index (χ0) is 26.5. The molecule has 0 aliphatic carbocycles. The number of esters is 1. The minimum absolute atomic E-state index is 0.0267. The van der Waals surface area contributed by atoms with E-state index in [0.717, 1.165) is 0 Å². The number of carbonyl (C=O) groups excluding carboxylic acids is 3. The number of ketones is 1. The quantitative estimate of drug-likeness (QED) is 0.108. The summed E-state index contributed by atoms with van der Waals surface area (Å²) < 4.78 is 3.16. The van der Waals surface area contributed by atoms with Gasteiger partial charge in [0.25, 0.3) is 0 Å². The molecule has 0 radical (unpaired) electrons. The summed E-state index contributed by atoms with van der Waals surface area (Å²) in [6, 6.07) is 33.0. The number of rotatable bonds is 9. The van der Waals surface area contributed by atoms with Crippen LogP contribution in [-0.2, 0) is 9.53 Å². The Morgan fingerprint density at radius 1 is 0.703 bits per heavy atom. The van der Waals surface area contributed by atoms with Crippen LogP contribution in [0.25, 0.3) is 0 Å². The maximum absolute atomic E-state index is 14.6. The van der Waals surface area contributed by atoms with Gasteiger partial charge in [0.05, 0.1) is 12.6 Å². The van der Waals surface area contributed by atoms with Gasteiger partial charge < -0.3 is 14.6 Å². The third-order valence-electron chi connectivity index (χ3n) is 6.13. The van der Waals surface area contributed by atoms with E-state index in [0.29, 0.717) is 15.9 Å². The Morgan fingerprint density at radius 2 is 1.08 bits per heavy atom. The highest BCUT2D eigenvalue weighted by Gasteiger charge is 2.72. The van der Waals surface area contributed by atoms with E-state index < -0.39 is 29.6 Å². The van der Waals surface area contributed by atoms with Crippen LogP contribution in [0.4, 0.5) is 0 Å². The predicted octanol–water partition coefficient (Wildman–Crippen LogP) is 3.73. The monoisotopic (exact) mass is 530 g/mol. The summed E-state index contributed by atoms with van der Waals surface area (Å²) in [6.07, 6.45) is 0. The number of carbonyl (C=O) groups is 3. The number of alkyl halides is 1. The number of aromatic carboxylic acids is 1. The van der Waals surface area contributed by atoms with E-state index in [4.69, 9.17) is 16.3 Å². The molecule has 7 heteroatoms. The first kappa shape index (κ1) is 26.3. The largest absolute Gasteiger partial charge is 0.545 e.